The first kappa shape index (κ1) is 14.1. The number of carbonyl (C=O) groups is 1. The van der Waals surface area contributed by atoms with Gasteiger partial charge in [-0.2, -0.15) is 0 Å². The molecule has 20 heavy (non-hydrogen) atoms. The molecule has 0 aromatic carbocycles. The fraction of sp³-hybridized carbons (Fsp3) is 0.455. The monoisotopic (exact) mass is 285 g/mol. The average Bonchev–Trinajstić information content (AvgIpc) is 2.97. The third kappa shape index (κ3) is 2.65. The number of nitrogens with zero attached hydrogens (tertiary/aromatic N) is 5. The lowest BCUT2D eigenvalue weighted by atomic mass is 10.3. The van der Waals surface area contributed by atoms with E-state index in [4.69, 9.17) is 0 Å². The molecule has 0 aliphatic carbocycles. The Balaban J connectivity index is 2.34. The zero-order valence-electron chi connectivity index (χ0n) is 11.0. The summed E-state index contributed by atoms with van der Waals surface area (Å²) < 4.78 is 33.5. The maximum absolute atomic E-state index is 13.1. The zero-order valence-corrected chi connectivity index (χ0v) is 11.0. The average molecular weight is 285 g/mol. The van der Waals surface area contributed by atoms with Gasteiger partial charge >= 0.3 is 5.97 Å². The molecule has 0 atom stereocenters. The van der Waals surface area contributed by atoms with Crippen molar-refractivity contribution in [3.05, 3.63) is 29.6 Å². The molecule has 2 rings (SSSR count). The van der Waals surface area contributed by atoms with Crippen LogP contribution >= 0.6 is 0 Å². The first-order valence-corrected chi connectivity index (χ1v) is 5.89. The van der Waals surface area contributed by atoms with Crippen LogP contribution in [0.25, 0.3) is 0 Å². The summed E-state index contributed by atoms with van der Waals surface area (Å²) >= 11 is 0. The van der Waals surface area contributed by atoms with Crippen LogP contribution in [0.3, 0.4) is 0 Å². The van der Waals surface area contributed by atoms with Crippen LogP contribution in [-0.2, 0) is 18.3 Å². The molecule has 0 amide bonds. The Morgan fingerprint density at radius 1 is 1.50 bits per heavy atom. The van der Waals surface area contributed by atoms with Crippen LogP contribution in [0, 0.1) is 0 Å². The number of hydrogen-bond acceptors (Lipinski definition) is 5. The molecule has 2 heterocycles. The standard InChI is InChI=1S/C11H13F2N5O2/c1-3-20-11(19)8-9(10(12)13)18(16-15-8)6-7-14-4-5-17(7)2/h4-5,10H,3,6H2,1-2H3. The molecule has 0 saturated heterocycles. The zero-order chi connectivity index (χ0) is 14.7. The molecule has 0 spiro atoms. The molecule has 0 aliphatic rings. The molecule has 2 aromatic rings. The smallest absolute Gasteiger partial charge is 0.361 e. The Morgan fingerprint density at radius 2 is 2.25 bits per heavy atom. The molecule has 0 N–H and O–H groups in total. The third-order valence-electron chi connectivity index (χ3n) is 2.66. The van der Waals surface area contributed by atoms with Crippen LogP contribution in [0.15, 0.2) is 12.4 Å². The lowest BCUT2D eigenvalue weighted by molar-refractivity contribution is 0.0506. The van der Waals surface area contributed by atoms with Gasteiger partial charge in [-0.15, -0.1) is 5.10 Å². The molecule has 0 aliphatic heterocycles. The largest absolute Gasteiger partial charge is 0.461 e. The van der Waals surface area contributed by atoms with E-state index in [9.17, 15) is 13.6 Å². The van der Waals surface area contributed by atoms with E-state index in [1.165, 1.54) is 0 Å². The van der Waals surface area contributed by atoms with E-state index >= 15 is 0 Å². The summed E-state index contributed by atoms with van der Waals surface area (Å²) in [4.78, 5) is 15.6. The molecule has 0 fully saturated rings. The minimum atomic E-state index is -2.88. The minimum absolute atomic E-state index is 0.00439. The molecule has 0 bridgehead atoms. The number of alkyl halides is 2. The summed E-state index contributed by atoms with van der Waals surface area (Å²) in [5.74, 6) is -0.388. The van der Waals surface area contributed by atoms with Crippen molar-refractivity contribution < 1.29 is 18.3 Å². The lowest BCUT2D eigenvalue weighted by Gasteiger charge is -2.07. The van der Waals surface area contributed by atoms with Crippen molar-refractivity contribution in [3.63, 3.8) is 0 Å². The number of ether oxygens (including phenoxy) is 1. The maximum Gasteiger partial charge on any atom is 0.361 e. The van der Waals surface area contributed by atoms with E-state index in [0.717, 1.165) is 4.68 Å². The highest BCUT2D eigenvalue weighted by atomic mass is 19.3. The van der Waals surface area contributed by atoms with Crippen LogP contribution in [0.5, 0.6) is 0 Å². The van der Waals surface area contributed by atoms with E-state index in [2.05, 4.69) is 20.0 Å². The molecule has 0 saturated carbocycles. The molecule has 7 nitrogen and oxygen atoms in total. The van der Waals surface area contributed by atoms with Crippen LogP contribution in [0.4, 0.5) is 8.78 Å². The van der Waals surface area contributed by atoms with Gasteiger partial charge in [0.15, 0.2) is 5.69 Å². The molecule has 9 heteroatoms. The van der Waals surface area contributed by atoms with Crippen molar-refractivity contribution in [3.8, 4) is 0 Å². The lowest BCUT2D eigenvalue weighted by Crippen LogP contribution is -2.13. The van der Waals surface area contributed by atoms with Gasteiger partial charge in [-0.25, -0.2) is 23.2 Å². The number of aryl methyl sites for hydroxylation is 1. The van der Waals surface area contributed by atoms with Gasteiger partial charge in [0, 0.05) is 19.4 Å². The first-order valence-electron chi connectivity index (χ1n) is 5.89. The Kier molecular flexibility index (Phi) is 4.06. The highest BCUT2D eigenvalue weighted by molar-refractivity contribution is 5.88. The number of hydrogen-bond donors (Lipinski definition) is 0. The van der Waals surface area contributed by atoms with Gasteiger partial charge in [0.2, 0.25) is 0 Å². The van der Waals surface area contributed by atoms with E-state index in [1.807, 2.05) is 0 Å². The predicted molar refractivity (Wildman–Crippen MR) is 63.2 cm³/mol. The van der Waals surface area contributed by atoms with Crippen LogP contribution < -0.4 is 0 Å². The van der Waals surface area contributed by atoms with Crippen LogP contribution in [-0.4, -0.2) is 37.1 Å². The van der Waals surface area contributed by atoms with Crippen molar-refractivity contribution in [2.75, 3.05) is 6.61 Å². The number of aromatic nitrogens is 5. The van der Waals surface area contributed by atoms with Gasteiger partial charge in [0.05, 0.1) is 6.61 Å². The van der Waals surface area contributed by atoms with Gasteiger partial charge in [0.25, 0.3) is 6.43 Å². The highest BCUT2D eigenvalue weighted by Crippen LogP contribution is 2.22. The predicted octanol–water partition coefficient (Wildman–Crippen LogP) is 1.17. The van der Waals surface area contributed by atoms with Gasteiger partial charge in [-0.05, 0) is 6.92 Å². The van der Waals surface area contributed by atoms with Crippen molar-refractivity contribution in [2.24, 2.45) is 7.05 Å². The van der Waals surface area contributed by atoms with Gasteiger partial charge in [-0.1, -0.05) is 5.21 Å². The number of imidazole rings is 1. The topological polar surface area (TPSA) is 74.8 Å². The number of esters is 1. The SMILES string of the molecule is CCOC(=O)c1nnn(Cc2nccn2C)c1C(F)F. The second-order valence-corrected chi connectivity index (χ2v) is 3.96. The highest BCUT2D eigenvalue weighted by Gasteiger charge is 2.27. The summed E-state index contributed by atoms with van der Waals surface area (Å²) in [5.41, 5.74) is -1.03. The maximum atomic E-state index is 13.1. The molecule has 108 valence electrons. The Bertz CT molecular complexity index is 608. The Morgan fingerprint density at radius 3 is 2.80 bits per heavy atom. The quantitative estimate of drug-likeness (QED) is 0.771. The fourth-order valence-corrected chi connectivity index (χ4v) is 1.68. The summed E-state index contributed by atoms with van der Waals surface area (Å²) in [7, 11) is 1.73. The van der Waals surface area contributed by atoms with Gasteiger partial charge < -0.3 is 9.30 Å². The molecule has 0 unspecified atom stereocenters. The summed E-state index contributed by atoms with van der Waals surface area (Å²) in [6.07, 6.45) is 0.339. The van der Waals surface area contributed by atoms with Crippen LogP contribution in [0.1, 0.15) is 35.4 Å². The normalized spacial score (nSPS) is 11.1. The first-order chi connectivity index (χ1) is 9.54. The van der Waals surface area contributed by atoms with Crippen molar-refractivity contribution in [2.45, 2.75) is 19.9 Å². The van der Waals surface area contributed by atoms with Gasteiger partial charge in [0.1, 0.15) is 18.1 Å². The number of rotatable bonds is 5. The van der Waals surface area contributed by atoms with Crippen molar-refractivity contribution in [1.82, 2.24) is 24.5 Å². The van der Waals surface area contributed by atoms with Crippen molar-refractivity contribution >= 4 is 5.97 Å². The van der Waals surface area contributed by atoms with Crippen molar-refractivity contribution in [1.29, 1.82) is 0 Å². The molecular formula is C11H13F2N5O2. The van der Waals surface area contributed by atoms with E-state index in [1.54, 1.807) is 30.9 Å². The minimum Gasteiger partial charge on any atom is -0.461 e. The molecular weight excluding hydrogens is 272 g/mol. The summed E-state index contributed by atoms with van der Waals surface area (Å²) in [6, 6.07) is 0. The number of halogens is 2. The second-order valence-electron chi connectivity index (χ2n) is 3.96. The Labute approximate surface area is 113 Å². The molecule has 2 aromatic heterocycles. The third-order valence-corrected chi connectivity index (χ3v) is 2.66. The van der Waals surface area contributed by atoms with E-state index in [0.29, 0.717) is 5.82 Å². The fourth-order valence-electron chi connectivity index (χ4n) is 1.68. The molecule has 0 radical (unpaired) electrons. The summed E-state index contributed by atoms with van der Waals surface area (Å²) in [6.45, 7) is 1.65. The Hall–Kier alpha value is -2.32. The number of carbonyl (C=O) groups excluding carboxylic acids is 1. The second kappa shape index (κ2) is 5.76. The van der Waals surface area contributed by atoms with Crippen LogP contribution in [0.2, 0.25) is 0 Å². The van der Waals surface area contributed by atoms with Gasteiger partial charge in [-0.3, -0.25) is 0 Å². The van der Waals surface area contributed by atoms with E-state index < -0.39 is 23.8 Å². The summed E-state index contributed by atoms with van der Waals surface area (Å²) in [5, 5.41) is 7.08. The van der Waals surface area contributed by atoms with E-state index in [-0.39, 0.29) is 13.2 Å².